The van der Waals surface area contributed by atoms with Crippen molar-refractivity contribution in [1.29, 1.82) is 0 Å². The lowest BCUT2D eigenvalue weighted by Gasteiger charge is -2.11. The highest BCUT2D eigenvalue weighted by molar-refractivity contribution is 6.29. The summed E-state index contributed by atoms with van der Waals surface area (Å²) in [6.07, 6.45) is 0. The molecule has 0 N–H and O–H groups in total. The highest BCUT2D eigenvalue weighted by atomic mass is 35.5. The average Bonchev–Trinajstić information content (AvgIpc) is 2.36. The molecule has 1 aromatic carbocycles. The van der Waals surface area contributed by atoms with E-state index in [1.807, 2.05) is 0 Å². The van der Waals surface area contributed by atoms with Crippen LogP contribution >= 0.6 is 11.6 Å². The number of ether oxygens (including phenoxy) is 2. The number of aromatic nitrogens is 2. The summed E-state index contributed by atoms with van der Waals surface area (Å²) in [4.78, 5) is 8.25. The molecule has 0 spiro atoms. The molecule has 2 rings (SSSR count). The lowest BCUT2D eigenvalue weighted by Crippen LogP contribution is -2.04. The Morgan fingerprint density at radius 1 is 1.15 bits per heavy atom. The second-order valence-electron chi connectivity index (χ2n) is 3.90. The van der Waals surface area contributed by atoms with Crippen LogP contribution in [-0.4, -0.2) is 23.7 Å². The minimum absolute atomic E-state index is 0.0822. The summed E-state index contributed by atoms with van der Waals surface area (Å²) in [5.74, 6) is 0.450. The van der Waals surface area contributed by atoms with Crippen LogP contribution in [-0.2, 0) is 0 Å². The maximum absolute atomic E-state index is 12.4. The van der Waals surface area contributed by atoms with Crippen molar-refractivity contribution in [3.05, 3.63) is 35.1 Å². The van der Waals surface area contributed by atoms with Crippen molar-refractivity contribution < 1.29 is 18.3 Å². The fourth-order valence-electron chi connectivity index (χ4n) is 1.66. The van der Waals surface area contributed by atoms with Gasteiger partial charge in [-0.25, -0.2) is 9.97 Å². The summed E-state index contributed by atoms with van der Waals surface area (Å²) in [6, 6.07) is 6.14. The van der Waals surface area contributed by atoms with Crippen LogP contribution in [0.15, 0.2) is 24.3 Å². The molecule has 0 amide bonds. The van der Waals surface area contributed by atoms with E-state index in [1.54, 1.807) is 19.1 Å². The second kappa shape index (κ2) is 6.00. The van der Waals surface area contributed by atoms with Crippen LogP contribution < -0.4 is 9.47 Å². The molecule has 106 valence electrons. The minimum atomic E-state index is -2.94. The largest absolute Gasteiger partial charge is 0.493 e. The maximum atomic E-state index is 12.4. The number of hydrogen-bond donors (Lipinski definition) is 0. The quantitative estimate of drug-likeness (QED) is 0.807. The van der Waals surface area contributed by atoms with Gasteiger partial charge in [-0.2, -0.15) is 8.78 Å². The van der Waals surface area contributed by atoms with Gasteiger partial charge in [-0.05, 0) is 31.2 Å². The molecular formula is C13H11ClF2N2O2. The fraction of sp³-hybridized carbons (Fsp3) is 0.231. The first-order valence-corrected chi connectivity index (χ1v) is 6.02. The van der Waals surface area contributed by atoms with Crippen molar-refractivity contribution in [2.75, 3.05) is 7.11 Å². The molecule has 1 heterocycles. The molecule has 0 fully saturated rings. The van der Waals surface area contributed by atoms with Crippen molar-refractivity contribution in [2.45, 2.75) is 13.5 Å². The van der Waals surface area contributed by atoms with Crippen LogP contribution in [0.2, 0.25) is 5.15 Å². The van der Waals surface area contributed by atoms with Crippen molar-refractivity contribution >= 4 is 11.6 Å². The summed E-state index contributed by atoms with van der Waals surface area (Å²) >= 11 is 5.86. The zero-order valence-electron chi connectivity index (χ0n) is 10.7. The molecule has 0 aliphatic heterocycles. The molecule has 0 saturated heterocycles. The van der Waals surface area contributed by atoms with Gasteiger partial charge in [-0.3, -0.25) is 0 Å². The first-order valence-electron chi connectivity index (χ1n) is 5.64. The lowest BCUT2D eigenvalue weighted by molar-refractivity contribution is -0.0511. The standard InChI is InChI=1S/C13H11ClF2N2O2/c1-7-5-11(14)18-12(17-7)8-3-4-9(19-2)10(6-8)20-13(15)16/h3-6,13H,1-2H3. The number of halogens is 3. The molecule has 0 radical (unpaired) electrons. The number of benzene rings is 1. The Labute approximate surface area is 119 Å². The average molecular weight is 301 g/mol. The SMILES string of the molecule is COc1ccc(-c2nc(C)cc(Cl)n2)cc1OC(F)F. The van der Waals surface area contributed by atoms with Crippen LogP contribution in [0.25, 0.3) is 11.4 Å². The molecule has 0 saturated carbocycles. The Bertz CT molecular complexity index is 603. The van der Waals surface area contributed by atoms with Crippen LogP contribution in [0, 0.1) is 6.92 Å². The van der Waals surface area contributed by atoms with Gasteiger partial charge in [-0.1, -0.05) is 11.6 Å². The Balaban J connectivity index is 2.46. The third-order valence-electron chi connectivity index (χ3n) is 2.46. The van der Waals surface area contributed by atoms with Gasteiger partial charge >= 0.3 is 6.61 Å². The summed E-state index contributed by atoms with van der Waals surface area (Å²) < 4.78 is 34.1. The van der Waals surface area contributed by atoms with Crippen molar-refractivity contribution in [2.24, 2.45) is 0 Å². The third kappa shape index (κ3) is 3.33. The number of aryl methyl sites for hydroxylation is 1. The minimum Gasteiger partial charge on any atom is -0.493 e. The molecule has 4 nitrogen and oxygen atoms in total. The molecular weight excluding hydrogens is 290 g/mol. The van der Waals surface area contributed by atoms with Gasteiger partial charge < -0.3 is 9.47 Å². The van der Waals surface area contributed by atoms with Gasteiger partial charge in [0.05, 0.1) is 7.11 Å². The Morgan fingerprint density at radius 2 is 1.90 bits per heavy atom. The number of nitrogens with zero attached hydrogens (tertiary/aromatic N) is 2. The van der Waals surface area contributed by atoms with E-state index < -0.39 is 6.61 Å². The van der Waals surface area contributed by atoms with Crippen LogP contribution in [0.5, 0.6) is 11.5 Å². The predicted octanol–water partition coefficient (Wildman–Crippen LogP) is 3.72. The molecule has 0 unspecified atom stereocenters. The number of rotatable bonds is 4. The molecule has 0 aliphatic carbocycles. The van der Waals surface area contributed by atoms with Gasteiger partial charge in [0.15, 0.2) is 17.3 Å². The zero-order valence-corrected chi connectivity index (χ0v) is 11.5. The zero-order chi connectivity index (χ0) is 14.7. The maximum Gasteiger partial charge on any atom is 0.387 e. The van der Waals surface area contributed by atoms with Gasteiger partial charge in [0.2, 0.25) is 0 Å². The van der Waals surface area contributed by atoms with Crippen LogP contribution in [0.1, 0.15) is 5.69 Å². The summed E-state index contributed by atoms with van der Waals surface area (Å²) in [5, 5.41) is 0.277. The summed E-state index contributed by atoms with van der Waals surface area (Å²) in [6.45, 7) is -1.18. The highest BCUT2D eigenvalue weighted by Gasteiger charge is 2.13. The molecule has 20 heavy (non-hydrogen) atoms. The fourth-order valence-corrected chi connectivity index (χ4v) is 1.90. The van der Waals surface area contributed by atoms with Gasteiger partial charge in [0.1, 0.15) is 5.15 Å². The van der Waals surface area contributed by atoms with E-state index in [-0.39, 0.29) is 16.7 Å². The smallest absolute Gasteiger partial charge is 0.387 e. The van der Waals surface area contributed by atoms with Gasteiger partial charge in [0.25, 0.3) is 0 Å². The van der Waals surface area contributed by atoms with E-state index in [1.165, 1.54) is 19.2 Å². The van der Waals surface area contributed by atoms with Gasteiger partial charge in [0, 0.05) is 11.3 Å². The van der Waals surface area contributed by atoms with E-state index in [4.69, 9.17) is 16.3 Å². The summed E-state index contributed by atoms with van der Waals surface area (Å²) in [7, 11) is 1.37. The van der Waals surface area contributed by atoms with Crippen molar-refractivity contribution in [3.63, 3.8) is 0 Å². The van der Waals surface area contributed by atoms with E-state index in [0.717, 1.165) is 0 Å². The van der Waals surface area contributed by atoms with Crippen molar-refractivity contribution in [1.82, 2.24) is 9.97 Å². The topological polar surface area (TPSA) is 44.2 Å². The number of hydrogen-bond acceptors (Lipinski definition) is 4. The molecule has 0 atom stereocenters. The summed E-state index contributed by atoms with van der Waals surface area (Å²) in [5.41, 5.74) is 1.18. The molecule has 2 aromatic rings. The van der Waals surface area contributed by atoms with E-state index in [2.05, 4.69) is 14.7 Å². The lowest BCUT2D eigenvalue weighted by atomic mass is 10.2. The van der Waals surface area contributed by atoms with E-state index in [9.17, 15) is 8.78 Å². The monoisotopic (exact) mass is 300 g/mol. The van der Waals surface area contributed by atoms with E-state index in [0.29, 0.717) is 17.1 Å². The van der Waals surface area contributed by atoms with Crippen LogP contribution in [0.3, 0.4) is 0 Å². The normalized spacial score (nSPS) is 10.7. The molecule has 0 aliphatic rings. The Kier molecular flexibility index (Phi) is 4.34. The number of alkyl halides is 2. The molecule has 7 heteroatoms. The van der Waals surface area contributed by atoms with Crippen LogP contribution in [0.4, 0.5) is 8.78 Å². The molecule has 1 aromatic heterocycles. The second-order valence-corrected chi connectivity index (χ2v) is 4.29. The number of methoxy groups -OCH3 is 1. The first kappa shape index (κ1) is 14.5. The van der Waals surface area contributed by atoms with E-state index >= 15 is 0 Å². The first-order chi connectivity index (χ1) is 9.49. The Morgan fingerprint density at radius 3 is 2.50 bits per heavy atom. The third-order valence-corrected chi connectivity index (χ3v) is 2.65. The molecule has 0 bridgehead atoms. The van der Waals surface area contributed by atoms with Crippen molar-refractivity contribution in [3.8, 4) is 22.9 Å². The predicted molar refractivity (Wildman–Crippen MR) is 70.4 cm³/mol. The van der Waals surface area contributed by atoms with Gasteiger partial charge in [-0.15, -0.1) is 0 Å². The highest BCUT2D eigenvalue weighted by Crippen LogP contribution is 2.32. The Hall–Kier alpha value is -1.95.